The Morgan fingerprint density at radius 2 is 1.43 bits per heavy atom. The molecule has 0 bridgehead atoms. The molecule has 0 radical (unpaired) electrons. The minimum atomic E-state index is -0.212. The maximum atomic E-state index is 12.4. The second-order valence-electron chi connectivity index (χ2n) is 7.58. The summed E-state index contributed by atoms with van der Waals surface area (Å²) < 4.78 is 27.4. The van der Waals surface area contributed by atoms with Crippen LogP contribution < -0.4 is 29.0 Å². The fourth-order valence-electron chi connectivity index (χ4n) is 3.46. The highest BCUT2D eigenvalue weighted by molar-refractivity contribution is 5.92. The van der Waals surface area contributed by atoms with Gasteiger partial charge < -0.3 is 29.0 Å². The Kier molecular flexibility index (Phi) is 9.42. The van der Waals surface area contributed by atoms with Gasteiger partial charge in [0.15, 0.2) is 23.0 Å². The first-order chi connectivity index (χ1) is 17.1. The fraction of sp³-hybridized carbons (Fsp3) is 0.250. The third-order valence-corrected chi connectivity index (χ3v) is 5.33. The van der Waals surface area contributed by atoms with E-state index in [1.54, 1.807) is 46.6 Å². The summed E-state index contributed by atoms with van der Waals surface area (Å²) >= 11 is 0. The van der Waals surface area contributed by atoms with Crippen molar-refractivity contribution in [3.8, 4) is 28.7 Å². The summed E-state index contributed by atoms with van der Waals surface area (Å²) in [7, 11) is 6.29. The lowest BCUT2D eigenvalue weighted by Crippen LogP contribution is -2.23. The normalized spacial score (nSPS) is 10.6. The maximum Gasteiger partial charge on any atom is 0.244 e. The molecule has 0 atom stereocenters. The smallest absolute Gasteiger partial charge is 0.244 e. The lowest BCUT2D eigenvalue weighted by atomic mass is 10.1. The Hall–Kier alpha value is -4.13. The molecule has 0 aliphatic heterocycles. The molecule has 0 saturated heterocycles. The molecule has 3 rings (SSSR count). The predicted octanol–water partition coefficient (Wildman–Crippen LogP) is 4.67. The van der Waals surface area contributed by atoms with Crippen LogP contribution in [0.5, 0.6) is 28.7 Å². The van der Waals surface area contributed by atoms with Gasteiger partial charge in [-0.25, -0.2) is 0 Å². The van der Waals surface area contributed by atoms with E-state index in [1.165, 1.54) is 6.08 Å². The third-order valence-electron chi connectivity index (χ3n) is 5.33. The number of nitrogens with one attached hydrogen (secondary N) is 1. The highest BCUT2D eigenvalue weighted by Crippen LogP contribution is 2.35. The van der Waals surface area contributed by atoms with Crippen LogP contribution in [0.2, 0.25) is 0 Å². The number of hydrogen-bond donors (Lipinski definition) is 1. The van der Waals surface area contributed by atoms with E-state index in [4.69, 9.17) is 23.7 Å². The number of ether oxygens (including phenoxy) is 5. The van der Waals surface area contributed by atoms with E-state index < -0.39 is 0 Å². The van der Waals surface area contributed by atoms with Gasteiger partial charge in [-0.05, 0) is 41.8 Å². The molecule has 1 N–H and O–H groups in total. The second kappa shape index (κ2) is 12.9. The first kappa shape index (κ1) is 25.5. The van der Waals surface area contributed by atoms with Gasteiger partial charge in [-0.15, -0.1) is 0 Å². The van der Waals surface area contributed by atoms with Gasteiger partial charge in [-0.1, -0.05) is 36.4 Å². The van der Waals surface area contributed by atoms with Crippen molar-refractivity contribution in [3.05, 3.63) is 83.4 Å². The van der Waals surface area contributed by atoms with Crippen LogP contribution >= 0.6 is 0 Å². The molecular formula is C28H31NO6. The summed E-state index contributed by atoms with van der Waals surface area (Å²) in [4.78, 5) is 12.4. The molecule has 0 aromatic heterocycles. The fourth-order valence-corrected chi connectivity index (χ4v) is 3.46. The topological polar surface area (TPSA) is 75.3 Å². The highest BCUT2D eigenvalue weighted by Gasteiger charge is 2.11. The molecule has 35 heavy (non-hydrogen) atoms. The summed E-state index contributed by atoms with van der Waals surface area (Å²) in [5.41, 5.74) is 2.81. The van der Waals surface area contributed by atoms with Gasteiger partial charge in [0.2, 0.25) is 5.91 Å². The Morgan fingerprint density at radius 1 is 0.743 bits per heavy atom. The molecular weight excluding hydrogens is 446 g/mol. The third kappa shape index (κ3) is 7.17. The average molecular weight is 478 g/mol. The highest BCUT2D eigenvalue weighted by atomic mass is 16.5. The van der Waals surface area contributed by atoms with Crippen LogP contribution in [-0.4, -0.2) is 40.9 Å². The van der Waals surface area contributed by atoms with Crippen molar-refractivity contribution in [1.82, 2.24) is 5.32 Å². The summed E-state index contributed by atoms with van der Waals surface area (Å²) in [6, 6.07) is 19.2. The van der Waals surface area contributed by atoms with E-state index >= 15 is 0 Å². The van der Waals surface area contributed by atoms with Crippen LogP contribution in [0.15, 0.2) is 66.7 Å². The summed E-state index contributed by atoms with van der Waals surface area (Å²) in [6.07, 6.45) is 3.79. The minimum absolute atomic E-state index is 0.212. The van der Waals surface area contributed by atoms with Crippen LogP contribution in [-0.2, 0) is 17.8 Å². The van der Waals surface area contributed by atoms with Crippen LogP contribution in [0, 0.1) is 0 Å². The first-order valence-electron chi connectivity index (χ1n) is 11.2. The van der Waals surface area contributed by atoms with Crippen molar-refractivity contribution < 1.29 is 28.5 Å². The van der Waals surface area contributed by atoms with Crippen LogP contribution in [0.3, 0.4) is 0 Å². The van der Waals surface area contributed by atoms with Crippen molar-refractivity contribution >= 4 is 12.0 Å². The number of carbonyl (C=O) groups excluding carboxylic acids is 1. The monoisotopic (exact) mass is 477 g/mol. The van der Waals surface area contributed by atoms with Gasteiger partial charge in [-0.2, -0.15) is 0 Å². The zero-order valence-electron chi connectivity index (χ0n) is 20.5. The number of carbonyl (C=O) groups is 1. The molecule has 0 aliphatic carbocycles. The molecule has 7 heteroatoms. The zero-order valence-corrected chi connectivity index (χ0v) is 20.5. The molecule has 0 heterocycles. The van der Waals surface area contributed by atoms with Crippen molar-refractivity contribution in [2.75, 3.05) is 35.0 Å². The number of hydrogen-bond acceptors (Lipinski definition) is 6. The summed E-state index contributed by atoms with van der Waals surface area (Å²) in [6.45, 7) is 0.915. The van der Waals surface area contributed by atoms with Gasteiger partial charge in [0.1, 0.15) is 12.4 Å². The maximum absolute atomic E-state index is 12.4. The molecule has 184 valence electrons. The molecule has 0 saturated carbocycles. The van der Waals surface area contributed by atoms with Crippen molar-refractivity contribution in [2.24, 2.45) is 0 Å². The van der Waals surface area contributed by atoms with Gasteiger partial charge >= 0.3 is 0 Å². The van der Waals surface area contributed by atoms with Gasteiger partial charge in [0.25, 0.3) is 0 Å². The van der Waals surface area contributed by atoms with Crippen LogP contribution in [0.4, 0.5) is 0 Å². The van der Waals surface area contributed by atoms with Gasteiger partial charge in [-0.3, -0.25) is 4.79 Å². The van der Waals surface area contributed by atoms with E-state index in [9.17, 15) is 4.79 Å². The standard InChI is InChI=1S/C28H31NO6/c1-31-23-12-10-20(16-27(23)35-19-21-8-6-5-7-9-21)14-15-29-28(30)13-11-22-17-25(33-3)26(34-4)18-24(22)32-2/h5-13,16-18H,14-15,19H2,1-4H3,(H,29,30)/b13-11+. The molecule has 0 fully saturated rings. The predicted molar refractivity (Wildman–Crippen MR) is 136 cm³/mol. The Balaban J connectivity index is 1.58. The Bertz CT molecular complexity index is 1140. The minimum Gasteiger partial charge on any atom is -0.496 e. The first-order valence-corrected chi connectivity index (χ1v) is 11.2. The van der Waals surface area contributed by atoms with E-state index in [1.807, 2.05) is 48.5 Å². The summed E-state index contributed by atoms with van der Waals surface area (Å²) in [5.74, 6) is 2.81. The van der Waals surface area contributed by atoms with Crippen molar-refractivity contribution in [3.63, 3.8) is 0 Å². The second-order valence-corrected chi connectivity index (χ2v) is 7.58. The van der Waals surface area contributed by atoms with Crippen LogP contribution in [0.25, 0.3) is 6.08 Å². The Labute approximate surface area is 206 Å². The molecule has 0 spiro atoms. The molecule has 0 unspecified atom stereocenters. The largest absolute Gasteiger partial charge is 0.496 e. The SMILES string of the molecule is COc1cc(OC)c(OC)cc1/C=C/C(=O)NCCc1ccc(OC)c(OCc2ccccc2)c1. The van der Waals surface area contributed by atoms with E-state index in [0.29, 0.717) is 53.9 Å². The van der Waals surface area contributed by atoms with E-state index in [0.717, 1.165) is 11.1 Å². The van der Waals surface area contributed by atoms with Crippen molar-refractivity contribution in [2.45, 2.75) is 13.0 Å². The van der Waals surface area contributed by atoms with Crippen LogP contribution in [0.1, 0.15) is 16.7 Å². The Morgan fingerprint density at radius 3 is 2.11 bits per heavy atom. The van der Waals surface area contributed by atoms with E-state index in [-0.39, 0.29) is 5.91 Å². The molecule has 0 aliphatic rings. The molecule has 3 aromatic carbocycles. The molecule has 7 nitrogen and oxygen atoms in total. The lowest BCUT2D eigenvalue weighted by molar-refractivity contribution is -0.116. The number of methoxy groups -OCH3 is 4. The molecule has 1 amide bonds. The van der Waals surface area contributed by atoms with E-state index in [2.05, 4.69) is 5.32 Å². The van der Waals surface area contributed by atoms with Gasteiger partial charge in [0.05, 0.1) is 28.4 Å². The average Bonchev–Trinajstić information content (AvgIpc) is 2.90. The quantitative estimate of drug-likeness (QED) is 0.382. The number of benzene rings is 3. The number of amides is 1. The summed E-state index contributed by atoms with van der Waals surface area (Å²) in [5, 5.41) is 2.90. The molecule has 3 aromatic rings. The van der Waals surface area contributed by atoms with Gasteiger partial charge in [0, 0.05) is 24.3 Å². The zero-order chi connectivity index (χ0) is 25.0. The number of rotatable bonds is 12. The van der Waals surface area contributed by atoms with Crippen molar-refractivity contribution in [1.29, 1.82) is 0 Å². The lowest BCUT2D eigenvalue weighted by Gasteiger charge is -2.13.